The molecule has 0 aromatic heterocycles. The van der Waals surface area contributed by atoms with Gasteiger partial charge < -0.3 is 4.74 Å². The minimum atomic E-state index is -1.05. The first-order valence-corrected chi connectivity index (χ1v) is 6.79. The lowest BCUT2D eigenvalue weighted by molar-refractivity contribution is 0.127. The Bertz CT molecular complexity index is 394. The number of hydrogen-bond acceptors (Lipinski definition) is 2. The molecule has 2 rings (SSSR count). The molecule has 0 N–H and O–H groups in total. The molecule has 88 valence electrons. The number of ether oxygens (including phenoxy) is 1. The molecule has 0 saturated carbocycles. The van der Waals surface area contributed by atoms with Crippen LogP contribution in [-0.4, -0.2) is 22.2 Å². The van der Waals surface area contributed by atoms with Crippen molar-refractivity contribution in [3.63, 3.8) is 0 Å². The van der Waals surface area contributed by atoms with Crippen molar-refractivity contribution < 1.29 is 13.3 Å². The summed E-state index contributed by atoms with van der Waals surface area (Å²) in [7, 11) is -1.05. The van der Waals surface area contributed by atoms with Crippen molar-refractivity contribution >= 4 is 10.8 Å². The van der Waals surface area contributed by atoms with Crippen LogP contribution in [0.5, 0.6) is 0 Å². The Morgan fingerprint density at radius 3 is 2.88 bits per heavy atom. The summed E-state index contributed by atoms with van der Waals surface area (Å²) in [6.07, 6.45) is 0.829. The van der Waals surface area contributed by atoms with Gasteiger partial charge in [0, 0.05) is 23.0 Å². The number of halogens is 1. The Hall–Kier alpha value is -0.740. The van der Waals surface area contributed by atoms with Gasteiger partial charge in [-0.15, -0.1) is 0 Å². The van der Waals surface area contributed by atoms with Crippen molar-refractivity contribution in [1.82, 2.24) is 0 Å². The predicted molar refractivity (Wildman–Crippen MR) is 62.1 cm³/mol. The maximum absolute atomic E-state index is 13.4. The van der Waals surface area contributed by atoms with Gasteiger partial charge in [-0.1, -0.05) is 18.2 Å². The van der Waals surface area contributed by atoms with Gasteiger partial charge in [0.1, 0.15) is 5.82 Å². The van der Waals surface area contributed by atoms with Crippen LogP contribution < -0.4 is 0 Å². The second-order valence-electron chi connectivity index (χ2n) is 4.02. The highest BCUT2D eigenvalue weighted by molar-refractivity contribution is 7.84. The summed E-state index contributed by atoms with van der Waals surface area (Å²) < 4.78 is 30.8. The highest BCUT2D eigenvalue weighted by Gasteiger charge is 2.29. The summed E-state index contributed by atoms with van der Waals surface area (Å²) in [5, 5.41) is 0.0413. The fourth-order valence-electron chi connectivity index (χ4n) is 1.93. The van der Waals surface area contributed by atoms with E-state index in [0.29, 0.717) is 12.2 Å². The largest absolute Gasteiger partial charge is 0.377 e. The zero-order valence-electron chi connectivity index (χ0n) is 9.19. The number of benzene rings is 1. The average Bonchev–Trinajstić information content (AvgIpc) is 2.68. The molecule has 0 unspecified atom stereocenters. The van der Waals surface area contributed by atoms with Gasteiger partial charge in [0.05, 0.1) is 17.1 Å². The van der Waals surface area contributed by atoms with Crippen molar-refractivity contribution in [3.8, 4) is 0 Å². The first-order valence-electron chi connectivity index (χ1n) is 5.40. The maximum atomic E-state index is 13.4. The molecule has 3 atom stereocenters. The molecule has 1 aromatic rings. The highest BCUT2D eigenvalue weighted by atomic mass is 32.2. The molecule has 0 radical (unpaired) electrons. The van der Waals surface area contributed by atoms with Crippen LogP contribution in [0.4, 0.5) is 4.39 Å². The van der Waals surface area contributed by atoms with Gasteiger partial charge in [-0.3, -0.25) is 4.21 Å². The fourth-order valence-corrected chi connectivity index (χ4v) is 3.55. The maximum Gasteiger partial charge on any atom is 0.127 e. The predicted octanol–water partition coefficient (Wildman–Crippen LogP) is 2.25. The van der Waals surface area contributed by atoms with E-state index < -0.39 is 10.8 Å². The first-order chi connectivity index (χ1) is 7.68. The molecule has 16 heavy (non-hydrogen) atoms. The van der Waals surface area contributed by atoms with Gasteiger partial charge >= 0.3 is 0 Å². The van der Waals surface area contributed by atoms with Crippen molar-refractivity contribution in [3.05, 3.63) is 35.6 Å². The van der Waals surface area contributed by atoms with Crippen molar-refractivity contribution in [2.45, 2.75) is 30.5 Å². The summed E-state index contributed by atoms with van der Waals surface area (Å²) in [5.41, 5.74) is 0.528. The molecule has 0 bridgehead atoms. The third-order valence-electron chi connectivity index (χ3n) is 2.90. The quantitative estimate of drug-likeness (QED) is 0.812. The van der Waals surface area contributed by atoms with Gasteiger partial charge in [0.15, 0.2) is 0 Å². The average molecular weight is 242 g/mol. The Kier molecular flexibility index (Phi) is 3.71. The molecule has 1 heterocycles. The Morgan fingerprint density at radius 2 is 2.25 bits per heavy atom. The SMILES string of the molecule is C[C@@H]1OCC[C@@H]1[S@@](=O)Cc1ccccc1F. The highest BCUT2D eigenvalue weighted by Crippen LogP contribution is 2.21. The molecule has 1 aromatic carbocycles. The van der Waals surface area contributed by atoms with E-state index in [0.717, 1.165) is 6.42 Å². The van der Waals surface area contributed by atoms with E-state index in [1.54, 1.807) is 18.2 Å². The molecule has 1 fully saturated rings. The topological polar surface area (TPSA) is 26.3 Å². The second kappa shape index (κ2) is 5.06. The lowest BCUT2D eigenvalue weighted by Crippen LogP contribution is -2.24. The molecule has 1 aliphatic rings. The lowest BCUT2D eigenvalue weighted by Gasteiger charge is -2.13. The summed E-state index contributed by atoms with van der Waals surface area (Å²) in [4.78, 5) is 0. The van der Waals surface area contributed by atoms with Crippen LogP contribution in [0.2, 0.25) is 0 Å². The smallest absolute Gasteiger partial charge is 0.127 e. The van der Waals surface area contributed by atoms with Gasteiger partial charge in [-0.25, -0.2) is 4.39 Å². The monoisotopic (exact) mass is 242 g/mol. The summed E-state index contributed by atoms with van der Waals surface area (Å²) in [5.74, 6) is 0.00724. The van der Waals surface area contributed by atoms with E-state index in [1.807, 2.05) is 6.92 Å². The zero-order chi connectivity index (χ0) is 11.5. The number of hydrogen-bond donors (Lipinski definition) is 0. The van der Waals surface area contributed by atoms with Crippen LogP contribution in [-0.2, 0) is 21.3 Å². The van der Waals surface area contributed by atoms with Crippen LogP contribution in [0.15, 0.2) is 24.3 Å². The van der Waals surface area contributed by atoms with Crippen LogP contribution >= 0.6 is 0 Å². The van der Waals surface area contributed by atoms with Crippen LogP contribution in [0.25, 0.3) is 0 Å². The van der Waals surface area contributed by atoms with Crippen molar-refractivity contribution in [2.75, 3.05) is 6.61 Å². The fraction of sp³-hybridized carbons (Fsp3) is 0.500. The van der Waals surface area contributed by atoms with Crippen LogP contribution in [0.3, 0.4) is 0 Å². The third-order valence-corrected chi connectivity index (χ3v) is 4.79. The normalized spacial score (nSPS) is 26.9. The van der Waals surface area contributed by atoms with Crippen molar-refractivity contribution in [1.29, 1.82) is 0 Å². The van der Waals surface area contributed by atoms with Gasteiger partial charge in [-0.05, 0) is 19.4 Å². The molecule has 0 aliphatic carbocycles. The van der Waals surface area contributed by atoms with E-state index in [4.69, 9.17) is 4.74 Å². The zero-order valence-corrected chi connectivity index (χ0v) is 10.0. The molecule has 0 spiro atoms. The minimum absolute atomic E-state index is 0.0209. The minimum Gasteiger partial charge on any atom is -0.377 e. The summed E-state index contributed by atoms with van der Waals surface area (Å²) in [6.45, 7) is 2.59. The number of rotatable bonds is 3. The van der Waals surface area contributed by atoms with E-state index in [1.165, 1.54) is 6.07 Å². The Morgan fingerprint density at radius 1 is 1.50 bits per heavy atom. The molecule has 1 aliphatic heterocycles. The molecule has 2 nitrogen and oxygen atoms in total. The van der Waals surface area contributed by atoms with Gasteiger partial charge in [0.25, 0.3) is 0 Å². The molecule has 0 amide bonds. The van der Waals surface area contributed by atoms with Crippen LogP contribution in [0, 0.1) is 5.82 Å². The van der Waals surface area contributed by atoms with E-state index in [2.05, 4.69) is 0 Å². The van der Waals surface area contributed by atoms with Gasteiger partial charge in [-0.2, -0.15) is 0 Å². The summed E-state index contributed by atoms with van der Waals surface area (Å²) in [6, 6.07) is 6.50. The van der Waals surface area contributed by atoms with E-state index in [9.17, 15) is 8.60 Å². The van der Waals surface area contributed by atoms with Crippen molar-refractivity contribution in [2.24, 2.45) is 0 Å². The standard InChI is InChI=1S/C12H15FO2S/c1-9-12(6-7-15-9)16(14)8-10-4-2-3-5-11(10)13/h2-5,9,12H,6-8H2,1H3/t9-,12-,16-/m0/s1. The lowest BCUT2D eigenvalue weighted by atomic mass is 10.2. The summed E-state index contributed by atoms with van der Waals surface area (Å²) >= 11 is 0. The Labute approximate surface area is 97.3 Å². The van der Waals surface area contributed by atoms with Gasteiger partial charge in [0.2, 0.25) is 0 Å². The Balaban J connectivity index is 2.05. The van der Waals surface area contributed by atoms with Crippen LogP contribution in [0.1, 0.15) is 18.9 Å². The molecule has 1 saturated heterocycles. The second-order valence-corrected chi connectivity index (χ2v) is 5.68. The molecule has 4 heteroatoms. The third kappa shape index (κ3) is 2.50. The molecular formula is C12H15FO2S. The molecular weight excluding hydrogens is 227 g/mol. The van der Waals surface area contributed by atoms with E-state index >= 15 is 0 Å². The van der Waals surface area contributed by atoms with E-state index in [-0.39, 0.29) is 22.9 Å². The first kappa shape index (κ1) is 11.7.